The topological polar surface area (TPSA) is 54.1 Å². The van der Waals surface area contributed by atoms with E-state index in [9.17, 15) is 0 Å². The standard InChI is InChI=1S/C8H8I2N4O2/c1-15-13-5(9)3-11-7(13)8-12-4-6(10)14(8)16-2/h3-4H,1-2H3. The maximum atomic E-state index is 5.21. The zero-order valence-electron chi connectivity index (χ0n) is 8.52. The van der Waals surface area contributed by atoms with Crippen molar-refractivity contribution in [2.45, 2.75) is 0 Å². The van der Waals surface area contributed by atoms with Crippen LogP contribution in [0.5, 0.6) is 0 Å². The van der Waals surface area contributed by atoms with Crippen LogP contribution in [0.15, 0.2) is 12.4 Å². The average molecular weight is 446 g/mol. The van der Waals surface area contributed by atoms with Crippen LogP contribution in [0.2, 0.25) is 0 Å². The molecule has 2 heterocycles. The van der Waals surface area contributed by atoms with Crippen molar-refractivity contribution in [3.8, 4) is 11.6 Å². The SMILES string of the molecule is COn1c(I)cnc1-c1ncc(I)n1OC. The summed E-state index contributed by atoms with van der Waals surface area (Å²) in [5.41, 5.74) is 0. The molecule has 0 atom stereocenters. The molecule has 16 heavy (non-hydrogen) atoms. The number of hydrogen-bond acceptors (Lipinski definition) is 4. The summed E-state index contributed by atoms with van der Waals surface area (Å²) in [6.45, 7) is 0. The van der Waals surface area contributed by atoms with Gasteiger partial charge in [-0.1, -0.05) is 0 Å². The Bertz CT molecular complexity index is 462. The molecule has 0 bridgehead atoms. The van der Waals surface area contributed by atoms with Gasteiger partial charge in [-0.15, -0.1) is 0 Å². The molecule has 0 aliphatic heterocycles. The summed E-state index contributed by atoms with van der Waals surface area (Å²) >= 11 is 4.27. The highest BCUT2D eigenvalue weighted by atomic mass is 127. The van der Waals surface area contributed by atoms with E-state index in [-0.39, 0.29) is 0 Å². The third kappa shape index (κ3) is 1.87. The first kappa shape index (κ1) is 12.0. The first-order valence-corrected chi connectivity index (χ1v) is 6.40. The van der Waals surface area contributed by atoms with Gasteiger partial charge >= 0.3 is 0 Å². The molecule has 0 radical (unpaired) electrons. The summed E-state index contributed by atoms with van der Waals surface area (Å²) in [6, 6.07) is 0. The lowest BCUT2D eigenvalue weighted by Gasteiger charge is -2.08. The number of halogens is 2. The highest BCUT2D eigenvalue weighted by Gasteiger charge is 2.18. The van der Waals surface area contributed by atoms with Gasteiger partial charge in [0, 0.05) is 0 Å². The van der Waals surface area contributed by atoms with Gasteiger partial charge < -0.3 is 9.68 Å². The second kappa shape index (κ2) is 4.77. The molecule has 2 aromatic heterocycles. The minimum absolute atomic E-state index is 0.608. The number of aromatic nitrogens is 4. The van der Waals surface area contributed by atoms with Crippen molar-refractivity contribution in [2.75, 3.05) is 14.2 Å². The van der Waals surface area contributed by atoms with E-state index < -0.39 is 0 Å². The Kier molecular flexibility index (Phi) is 3.56. The molecule has 6 nitrogen and oxygen atoms in total. The Morgan fingerprint density at radius 2 is 1.31 bits per heavy atom. The smallest absolute Gasteiger partial charge is 0.216 e. The highest BCUT2D eigenvalue weighted by molar-refractivity contribution is 14.1. The van der Waals surface area contributed by atoms with Crippen molar-refractivity contribution in [3.05, 3.63) is 19.8 Å². The molecular formula is C8H8I2N4O2. The lowest BCUT2D eigenvalue weighted by Crippen LogP contribution is -2.15. The van der Waals surface area contributed by atoms with Crippen molar-refractivity contribution in [1.29, 1.82) is 0 Å². The molecule has 2 rings (SSSR count). The number of hydrogen-bond donors (Lipinski definition) is 0. The van der Waals surface area contributed by atoms with E-state index in [1.165, 1.54) is 0 Å². The lowest BCUT2D eigenvalue weighted by atomic mass is 10.6. The van der Waals surface area contributed by atoms with E-state index in [4.69, 9.17) is 9.68 Å². The summed E-state index contributed by atoms with van der Waals surface area (Å²) in [6.07, 6.45) is 3.42. The summed E-state index contributed by atoms with van der Waals surface area (Å²) in [5.74, 6) is 1.22. The molecule has 86 valence electrons. The van der Waals surface area contributed by atoms with Crippen LogP contribution in [0.3, 0.4) is 0 Å². The number of imidazole rings is 2. The van der Waals surface area contributed by atoms with Crippen LogP contribution in [0.1, 0.15) is 0 Å². The van der Waals surface area contributed by atoms with E-state index in [1.807, 2.05) is 0 Å². The lowest BCUT2D eigenvalue weighted by molar-refractivity contribution is 0.150. The fourth-order valence-corrected chi connectivity index (χ4v) is 2.41. The van der Waals surface area contributed by atoms with Crippen LogP contribution >= 0.6 is 45.2 Å². The Hall–Kier alpha value is -0.520. The van der Waals surface area contributed by atoms with Crippen molar-refractivity contribution < 1.29 is 9.68 Å². The van der Waals surface area contributed by atoms with Crippen molar-refractivity contribution >= 4 is 45.2 Å². The molecule has 0 N–H and O–H groups in total. The van der Waals surface area contributed by atoms with Gasteiger partial charge in [0.1, 0.15) is 21.6 Å². The van der Waals surface area contributed by atoms with Gasteiger partial charge in [-0.25, -0.2) is 9.97 Å². The van der Waals surface area contributed by atoms with Crippen LogP contribution in [-0.4, -0.2) is 33.6 Å². The van der Waals surface area contributed by atoms with Gasteiger partial charge in [-0.2, -0.15) is 9.46 Å². The van der Waals surface area contributed by atoms with Crippen molar-refractivity contribution in [1.82, 2.24) is 19.4 Å². The van der Waals surface area contributed by atoms with Crippen molar-refractivity contribution in [3.63, 3.8) is 0 Å². The molecule has 0 fully saturated rings. The fourth-order valence-electron chi connectivity index (χ4n) is 1.29. The first-order valence-electron chi connectivity index (χ1n) is 4.24. The second-order valence-corrected chi connectivity index (χ2v) is 4.97. The molecule has 0 aromatic carbocycles. The molecule has 0 saturated carbocycles. The second-order valence-electron chi connectivity index (χ2n) is 2.76. The van der Waals surface area contributed by atoms with E-state index in [2.05, 4.69) is 55.1 Å². The molecule has 0 unspecified atom stereocenters. The predicted octanol–water partition coefficient (Wildman–Crippen LogP) is 1.07. The van der Waals surface area contributed by atoms with Gasteiger partial charge in [0.2, 0.25) is 11.6 Å². The van der Waals surface area contributed by atoms with Crippen molar-refractivity contribution in [2.24, 2.45) is 0 Å². The van der Waals surface area contributed by atoms with Crippen LogP contribution in [0.4, 0.5) is 0 Å². The van der Waals surface area contributed by atoms with Crippen LogP contribution in [0.25, 0.3) is 11.6 Å². The average Bonchev–Trinajstić information content (AvgIpc) is 2.81. The van der Waals surface area contributed by atoms with E-state index in [0.717, 1.165) is 7.40 Å². The maximum absolute atomic E-state index is 5.21. The zero-order chi connectivity index (χ0) is 11.7. The third-order valence-electron chi connectivity index (χ3n) is 1.92. The molecule has 0 amide bonds. The number of nitrogens with zero attached hydrogens (tertiary/aromatic N) is 4. The molecular weight excluding hydrogens is 438 g/mol. The van der Waals surface area contributed by atoms with Gasteiger partial charge in [-0.05, 0) is 45.2 Å². The van der Waals surface area contributed by atoms with E-state index in [1.54, 1.807) is 36.1 Å². The number of rotatable bonds is 3. The Labute approximate surface area is 119 Å². The molecule has 0 spiro atoms. The first-order chi connectivity index (χ1) is 7.69. The summed E-state index contributed by atoms with van der Waals surface area (Å²) in [4.78, 5) is 18.9. The minimum atomic E-state index is 0.608. The third-order valence-corrected chi connectivity index (χ3v) is 3.36. The maximum Gasteiger partial charge on any atom is 0.216 e. The monoisotopic (exact) mass is 446 g/mol. The summed E-state index contributed by atoms with van der Waals surface area (Å²) in [5, 5.41) is 0. The van der Waals surface area contributed by atoms with Crippen LogP contribution in [0, 0.1) is 7.40 Å². The van der Waals surface area contributed by atoms with E-state index in [0.29, 0.717) is 11.6 Å². The molecule has 8 heteroatoms. The molecule has 0 aliphatic rings. The van der Waals surface area contributed by atoms with Gasteiger partial charge in [0.05, 0.1) is 12.4 Å². The van der Waals surface area contributed by atoms with Gasteiger partial charge in [0.15, 0.2) is 0 Å². The zero-order valence-corrected chi connectivity index (χ0v) is 12.8. The molecule has 0 aliphatic carbocycles. The van der Waals surface area contributed by atoms with Gasteiger partial charge in [0.25, 0.3) is 0 Å². The quantitative estimate of drug-likeness (QED) is 0.663. The molecule has 0 saturated heterocycles. The normalized spacial score (nSPS) is 10.5. The summed E-state index contributed by atoms with van der Waals surface area (Å²) < 4.78 is 4.93. The van der Waals surface area contributed by atoms with Crippen LogP contribution < -0.4 is 9.68 Å². The minimum Gasteiger partial charge on any atom is -0.414 e. The summed E-state index contributed by atoms with van der Waals surface area (Å²) in [7, 11) is 3.16. The highest BCUT2D eigenvalue weighted by Crippen LogP contribution is 2.19. The fraction of sp³-hybridized carbons (Fsp3) is 0.250. The Morgan fingerprint density at radius 1 is 0.938 bits per heavy atom. The predicted molar refractivity (Wildman–Crippen MR) is 73.9 cm³/mol. The van der Waals surface area contributed by atoms with Crippen LogP contribution in [-0.2, 0) is 0 Å². The largest absolute Gasteiger partial charge is 0.414 e. The van der Waals surface area contributed by atoms with E-state index >= 15 is 0 Å². The molecule has 2 aromatic rings. The Balaban J connectivity index is 2.58. The van der Waals surface area contributed by atoms with Gasteiger partial charge in [-0.3, -0.25) is 0 Å². The Morgan fingerprint density at radius 3 is 1.62 bits per heavy atom.